The van der Waals surface area contributed by atoms with Crippen molar-refractivity contribution in [3.8, 4) is 11.5 Å². The van der Waals surface area contributed by atoms with E-state index >= 15 is 0 Å². The number of methoxy groups -OCH3 is 2. The highest BCUT2D eigenvalue weighted by molar-refractivity contribution is 6.29. The fraction of sp³-hybridized carbons (Fsp3) is 0.333. The monoisotopic (exact) mass is 328 g/mol. The van der Waals surface area contributed by atoms with Gasteiger partial charge in [0.05, 0.1) is 30.9 Å². The second kappa shape index (κ2) is 6.03. The summed E-state index contributed by atoms with van der Waals surface area (Å²) in [6.45, 7) is 4.85. The van der Waals surface area contributed by atoms with Crippen molar-refractivity contribution >= 4 is 28.3 Å². The molecule has 2 amide bonds. The number of amides is 2. The van der Waals surface area contributed by atoms with Gasteiger partial charge in [0.15, 0.2) is 0 Å². The van der Waals surface area contributed by atoms with Gasteiger partial charge in [0.1, 0.15) is 11.5 Å². The van der Waals surface area contributed by atoms with Gasteiger partial charge in [-0.3, -0.25) is 14.9 Å². The number of nitrogens with one attached hydrogen (secondary N) is 2. The van der Waals surface area contributed by atoms with E-state index in [0.29, 0.717) is 51.5 Å². The van der Waals surface area contributed by atoms with Crippen LogP contribution in [0.25, 0.3) is 10.8 Å². The Hall–Kier alpha value is -2.76. The fourth-order valence-corrected chi connectivity index (χ4v) is 2.94. The van der Waals surface area contributed by atoms with Crippen LogP contribution in [0.4, 0.5) is 5.69 Å². The van der Waals surface area contributed by atoms with E-state index in [1.165, 1.54) is 0 Å². The molecule has 126 valence electrons. The summed E-state index contributed by atoms with van der Waals surface area (Å²) in [5.74, 6) is 0.686. The number of benzene rings is 2. The summed E-state index contributed by atoms with van der Waals surface area (Å²) in [5.41, 5.74) is 1.53. The topological polar surface area (TPSA) is 76.7 Å². The van der Waals surface area contributed by atoms with Gasteiger partial charge in [-0.25, -0.2) is 0 Å². The Morgan fingerprint density at radius 3 is 2.38 bits per heavy atom. The molecule has 6 nitrogen and oxygen atoms in total. The maximum absolute atomic E-state index is 12.5. The van der Waals surface area contributed by atoms with Crippen molar-refractivity contribution in [3.63, 3.8) is 0 Å². The first-order valence-electron chi connectivity index (χ1n) is 7.79. The van der Waals surface area contributed by atoms with Crippen molar-refractivity contribution in [1.82, 2.24) is 5.32 Å². The molecule has 0 saturated carbocycles. The van der Waals surface area contributed by atoms with E-state index in [0.717, 1.165) is 0 Å². The highest BCUT2D eigenvalue weighted by Crippen LogP contribution is 2.43. The summed E-state index contributed by atoms with van der Waals surface area (Å²) in [7, 11) is 3.10. The quantitative estimate of drug-likeness (QED) is 0.825. The third-order valence-corrected chi connectivity index (χ3v) is 4.05. The summed E-state index contributed by atoms with van der Waals surface area (Å²) < 4.78 is 10.9. The minimum atomic E-state index is -0.417. The van der Waals surface area contributed by atoms with Crippen LogP contribution in [0.1, 0.15) is 34.6 Å². The molecule has 2 N–H and O–H groups in total. The molecule has 0 radical (unpaired) electrons. The number of carbonyl (C=O) groups is 2. The molecule has 0 saturated heterocycles. The average Bonchev–Trinajstić information content (AvgIpc) is 2.56. The zero-order valence-electron chi connectivity index (χ0n) is 14.1. The molecule has 1 aliphatic heterocycles. The molecule has 0 fully saturated rings. The van der Waals surface area contributed by atoms with Crippen molar-refractivity contribution in [2.45, 2.75) is 13.8 Å². The minimum Gasteiger partial charge on any atom is -0.496 e. The van der Waals surface area contributed by atoms with Crippen molar-refractivity contribution in [3.05, 3.63) is 29.3 Å². The molecular weight excluding hydrogens is 308 g/mol. The molecule has 1 heterocycles. The van der Waals surface area contributed by atoms with Crippen LogP contribution >= 0.6 is 0 Å². The first kappa shape index (κ1) is 16.1. The molecular formula is C18H20N2O4. The predicted molar refractivity (Wildman–Crippen MR) is 92.2 cm³/mol. The average molecular weight is 328 g/mol. The molecule has 0 aliphatic carbocycles. The Balaban J connectivity index is 2.38. The smallest absolute Gasteiger partial charge is 0.260 e. The minimum absolute atomic E-state index is 0.400. The van der Waals surface area contributed by atoms with E-state index < -0.39 is 11.8 Å². The van der Waals surface area contributed by atoms with Crippen molar-refractivity contribution < 1.29 is 19.1 Å². The SMILES string of the molecule is COc1ccc2c3c(c(NCC(C)C)cc(OC)c13)C(=O)NC2=O. The van der Waals surface area contributed by atoms with E-state index in [1.807, 2.05) is 0 Å². The van der Waals surface area contributed by atoms with Crippen molar-refractivity contribution in [2.75, 3.05) is 26.1 Å². The van der Waals surface area contributed by atoms with E-state index in [1.54, 1.807) is 32.4 Å². The van der Waals surface area contributed by atoms with Gasteiger partial charge in [0.25, 0.3) is 11.8 Å². The van der Waals surface area contributed by atoms with E-state index in [2.05, 4.69) is 24.5 Å². The lowest BCUT2D eigenvalue weighted by atomic mass is 9.92. The van der Waals surface area contributed by atoms with Crippen LogP contribution in [0, 0.1) is 5.92 Å². The molecule has 0 spiro atoms. The Kier molecular flexibility index (Phi) is 4.05. The van der Waals surface area contributed by atoms with E-state index in [4.69, 9.17) is 9.47 Å². The molecule has 0 bridgehead atoms. The van der Waals surface area contributed by atoms with Crippen molar-refractivity contribution in [1.29, 1.82) is 0 Å². The molecule has 3 rings (SSSR count). The van der Waals surface area contributed by atoms with Gasteiger partial charge in [0, 0.05) is 23.6 Å². The third kappa shape index (κ3) is 2.44. The number of imide groups is 1. The first-order chi connectivity index (χ1) is 11.5. The Labute approximate surface area is 140 Å². The predicted octanol–water partition coefficient (Wildman–Crippen LogP) is 2.81. The van der Waals surface area contributed by atoms with Crippen molar-refractivity contribution in [2.24, 2.45) is 5.92 Å². The lowest BCUT2D eigenvalue weighted by Gasteiger charge is -2.23. The highest BCUT2D eigenvalue weighted by atomic mass is 16.5. The van der Waals surface area contributed by atoms with Crippen LogP contribution in [0.2, 0.25) is 0 Å². The summed E-state index contributed by atoms with van der Waals surface area (Å²) >= 11 is 0. The fourth-order valence-electron chi connectivity index (χ4n) is 2.94. The second-order valence-electron chi connectivity index (χ2n) is 6.12. The molecule has 0 unspecified atom stereocenters. The van der Waals surface area contributed by atoms with Gasteiger partial charge in [-0.2, -0.15) is 0 Å². The molecule has 6 heteroatoms. The first-order valence-corrected chi connectivity index (χ1v) is 7.79. The Bertz CT molecular complexity index is 843. The van der Waals surface area contributed by atoms with Gasteiger partial charge < -0.3 is 14.8 Å². The number of anilines is 1. The summed E-state index contributed by atoms with van der Waals surface area (Å²) in [4.78, 5) is 24.7. The lowest BCUT2D eigenvalue weighted by molar-refractivity contribution is 0.0845. The van der Waals surface area contributed by atoms with Gasteiger partial charge in [-0.1, -0.05) is 13.8 Å². The van der Waals surface area contributed by atoms with Gasteiger partial charge in [-0.05, 0) is 18.1 Å². The number of hydrogen-bond donors (Lipinski definition) is 2. The van der Waals surface area contributed by atoms with Crippen LogP contribution in [-0.4, -0.2) is 32.6 Å². The molecule has 0 atom stereocenters. The number of carbonyl (C=O) groups excluding carboxylic acids is 2. The van der Waals surface area contributed by atoms with Gasteiger partial charge in [0.2, 0.25) is 0 Å². The van der Waals surface area contributed by atoms with Gasteiger partial charge in [-0.15, -0.1) is 0 Å². The third-order valence-electron chi connectivity index (χ3n) is 4.05. The standard InChI is InChI=1S/C18H20N2O4/c1-9(2)8-19-11-7-13(24-4)16-12(23-3)6-5-10-14(16)15(11)18(22)20-17(10)21/h5-7,9,19H,8H2,1-4H3,(H,20,21,22). The maximum atomic E-state index is 12.5. The summed E-state index contributed by atoms with van der Waals surface area (Å²) in [6, 6.07) is 5.15. The normalized spacial score (nSPS) is 13.2. The van der Waals surface area contributed by atoms with Crippen LogP contribution in [0.5, 0.6) is 11.5 Å². The number of rotatable bonds is 5. The second-order valence-corrected chi connectivity index (χ2v) is 6.12. The maximum Gasteiger partial charge on any atom is 0.260 e. The van der Waals surface area contributed by atoms with Crippen LogP contribution in [-0.2, 0) is 0 Å². The van der Waals surface area contributed by atoms with Crippen LogP contribution in [0.3, 0.4) is 0 Å². The van der Waals surface area contributed by atoms with Gasteiger partial charge >= 0.3 is 0 Å². The Morgan fingerprint density at radius 2 is 1.75 bits per heavy atom. The number of hydrogen-bond acceptors (Lipinski definition) is 5. The van der Waals surface area contributed by atoms with E-state index in [9.17, 15) is 9.59 Å². The molecule has 0 aromatic heterocycles. The summed E-state index contributed by atoms with van der Waals surface area (Å²) in [6.07, 6.45) is 0. The highest BCUT2D eigenvalue weighted by Gasteiger charge is 2.30. The lowest BCUT2D eigenvalue weighted by Crippen LogP contribution is -2.35. The summed E-state index contributed by atoms with van der Waals surface area (Å²) in [5, 5.41) is 6.87. The largest absolute Gasteiger partial charge is 0.496 e. The number of ether oxygens (including phenoxy) is 2. The van der Waals surface area contributed by atoms with Crippen LogP contribution in [0.15, 0.2) is 18.2 Å². The molecule has 2 aromatic rings. The molecule has 1 aliphatic rings. The zero-order valence-corrected chi connectivity index (χ0v) is 14.1. The Morgan fingerprint density at radius 1 is 1.04 bits per heavy atom. The molecule has 2 aromatic carbocycles. The van der Waals surface area contributed by atoms with E-state index in [-0.39, 0.29) is 0 Å². The van der Waals surface area contributed by atoms with Crippen LogP contribution < -0.4 is 20.1 Å². The zero-order chi connectivity index (χ0) is 17.4. The molecule has 24 heavy (non-hydrogen) atoms.